The summed E-state index contributed by atoms with van der Waals surface area (Å²) in [7, 11) is 0. The monoisotopic (exact) mass is 409 g/mol. The number of aliphatic hydroxyl groups excluding tert-OH is 1. The number of fused-ring (bicyclic) bond motifs is 4. The molecular formula is C23H23NO6. The molecule has 1 atom stereocenters. The van der Waals surface area contributed by atoms with Crippen molar-refractivity contribution in [1.82, 2.24) is 5.32 Å². The molecule has 5 rings (SSSR count). The van der Waals surface area contributed by atoms with Crippen molar-refractivity contribution in [3.8, 4) is 17.2 Å². The predicted molar refractivity (Wildman–Crippen MR) is 109 cm³/mol. The Kier molecular flexibility index (Phi) is 4.18. The molecule has 0 aliphatic carbocycles. The molecular weight excluding hydrogens is 386 g/mol. The second-order valence-corrected chi connectivity index (χ2v) is 8.36. The SMILES string of the molecule is Cc1c(C(=O)NCc2ccc3c(c2)OCO3)oc2ccc3c(c12)[C@@H](O)CC(C)(C)O3. The van der Waals surface area contributed by atoms with Crippen LogP contribution in [0.3, 0.4) is 0 Å². The summed E-state index contributed by atoms with van der Waals surface area (Å²) in [5, 5.41) is 14.4. The molecule has 1 amide bonds. The molecule has 3 heterocycles. The van der Waals surface area contributed by atoms with Crippen molar-refractivity contribution in [3.63, 3.8) is 0 Å². The molecule has 1 aromatic heterocycles. The number of aliphatic hydroxyl groups is 1. The normalized spacial score (nSPS) is 18.7. The third kappa shape index (κ3) is 3.06. The van der Waals surface area contributed by atoms with Gasteiger partial charge in [0.2, 0.25) is 6.79 Å². The maximum atomic E-state index is 12.8. The van der Waals surface area contributed by atoms with E-state index in [2.05, 4.69) is 5.32 Å². The lowest BCUT2D eigenvalue weighted by atomic mass is 9.89. The van der Waals surface area contributed by atoms with Crippen LogP contribution in [0.25, 0.3) is 11.0 Å². The summed E-state index contributed by atoms with van der Waals surface area (Å²) in [5.41, 5.74) is 2.37. The third-order valence-corrected chi connectivity index (χ3v) is 5.60. The number of ether oxygens (including phenoxy) is 3. The van der Waals surface area contributed by atoms with Crippen molar-refractivity contribution in [2.45, 2.75) is 45.4 Å². The summed E-state index contributed by atoms with van der Waals surface area (Å²) in [6.07, 6.45) is -0.219. The zero-order valence-corrected chi connectivity index (χ0v) is 17.1. The van der Waals surface area contributed by atoms with Gasteiger partial charge in [-0.1, -0.05) is 6.07 Å². The van der Waals surface area contributed by atoms with E-state index in [1.54, 1.807) is 12.1 Å². The molecule has 0 spiro atoms. The molecule has 0 fully saturated rings. The average molecular weight is 409 g/mol. The van der Waals surface area contributed by atoms with Gasteiger partial charge in [0.25, 0.3) is 5.91 Å². The van der Waals surface area contributed by atoms with Crippen LogP contribution < -0.4 is 19.5 Å². The Bertz CT molecular complexity index is 1160. The summed E-state index contributed by atoms with van der Waals surface area (Å²) in [6, 6.07) is 9.12. The van der Waals surface area contributed by atoms with Crippen molar-refractivity contribution in [3.05, 3.63) is 52.8 Å². The van der Waals surface area contributed by atoms with Crippen LogP contribution in [0.2, 0.25) is 0 Å². The van der Waals surface area contributed by atoms with E-state index in [1.807, 2.05) is 39.0 Å². The first-order chi connectivity index (χ1) is 14.3. The van der Waals surface area contributed by atoms with Gasteiger partial charge in [-0.05, 0) is 50.6 Å². The van der Waals surface area contributed by atoms with Gasteiger partial charge < -0.3 is 29.1 Å². The molecule has 2 aromatic carbocycles. The molecule has 2 aliphatic heterocycles. The van der Waals surface area contributed by atoms with Gasteiger partial charge in [0.15, 0.2) is 17.3 Å². The van der Waals surface area contributed by atoms with Crippen LogP contribution in [-0.4, -0.2) is 23.4 Å². The van der Waals surface area contributed by atoms with Crippen LogP contribution in [0.1, 0.15) is 53.6 Å². The van der Waals surface area contributed by atoms with Crippen molar-refractivity contribution >= 4 is 16.9 Å². The van der Waals surface area contributed by atoms with Crippen LogP contribution in [0.15, 0.2) is 34.7 Å². The van der Waals surface area contributed by atoms with Gasteiger partial charge in [-0.25, -0.2) is 0 Å². The number of aryl methyl sites for hydroxylation is 1. The second kappa shape index (κ2) is 6.67. The molecule has 2 N–H and O–H groups in total. The first kappa shape index (κ1) is 18.8. The van der Waals surface area contributed by atoms with Crippen molar-refractivity contribution in [2.24, 2.45) is 0 Å². The van der Waals surface area contributed by atoms with E-state index in [-0.39, 0.29) is 18.5 Å². The van der Waals surface area contributed by atoms with Gasteiger partial charge in [0, 0.05) is 29.5 Å². The lowest BCUT2D eigenvalue weighted by Gasteiger charge is -2.35. The van der Waals surface area contributed by atoms with Gasteiger partial charge in [0.05, 0.1) is 6.10 Å². The Morgan fingerprint density at radius 2 is 1.93 bits per heavy atom. The first-order valence-corrected chi connectivity index (χ1v) is 9.92. The summed E-state index contributed by atoms with van der Waals surface area (Å²) in [6.45, 7) is 6.25. The van der Waals surface area contributed by atoms with Gasteiger partial charge in [-0.2, -0.15) is 0 Å². The second-order valence-electron chi connectivity index (χ2n) is 8.36. The highest BCUT2D eigenvalue weighted by atomic mass is 16.7. The molecule has 7 nitrogen and oxygen atoms in total. The molecule has 0 saturated heterocycles. The van der Waals surface area contributed by atoms with Crippen LogP contribution in [0.4, 0.5) is 0 Å². The molecule has 156 valence electrons. The Morgan fingerprint density at radius 1 is 1.17 bits per heavy atom. The maximum Gasteiger partial charge on any atom is 0.287 e. The summed E-state index contributed by atoms with van der Waals surface area (Å²) >= 11 is 0. The topological polar surface area (TPSA) is 90.2 Å². The standard InChI is InChI=1S/C23H23NO6/c1-12-19-16(6-7-17-20(19)14(25)9-23(2,3)30-17)29-21(12)22(26)24-10-13-4-5-15-18(8-13)28-11-27-15/h4-8,14,25H,9-11H2,1-3H3,(H,24,26)/t14-/m0/s1. The minimum atomic E-state index is -0.687. The van der Waals surface area contributed by atoms with E-state index < -0.39 is 11.7 Å². The van der Waals surface area contributed by atoms with Crippen LogP contribution in [0.5, 0.6) is 17.2 Å². The zero-order chi connectivity index (χ0) is 21.0. The Hall–Kier alpha value is -3.19. The average Bonchev–Trinajstić information content (AvgIpc) is 3.29. The number of rotatable bonds is 3. The van der Waals surface area contributed by atoms with Crippen molar-refractivity contribution in [2.75, 3.05) is 6.79 Å². The van der Waals surface area contributed by atoms with Crippen molar-refractivity contribution < 1.29 is 28.5 Å². The van der Waals surface area contributed by atoms with E-state index in [0.717, 1.165) is 10.9 Å². The fourth-order valence-electron chi connectivity index (χ4n) is 4.21. The maximum absolute atomic E-state index is 12.8. The molecule has 2 aliphatic rings. The molecule has 30 heavy (non-hydrogen) atoms. The molecule has 0 saturated carbocycles. The van der Waals surface area contributed by atoms with E-state index in [9.17, 15) is 9.90 Å². The zero-order valence-electron chi connectivity index (χ0n) is 17.1. The number of nitrogens with one attached hydrogen (secondary N) is 1. The number of carbonyl (C=O) groups is 1. The highest BCUT2D eigenvalue weighted by molar-refractivity contribution is 6.00. The van der Waals surface area contributed by atoms with E-state index in [1.165, 1.54) is 0 Å². The Morgan fingerprint density at radius 3 is 2.77 bits per heavy atom. The molecule has 3 aromatic rings. The first-order valence-electron chi connectivity index (χ1n) is 9.92. The number of benzene rings is 2. The van der Waals surface area contributed by atoms with Gasteiger partial charge >= 0.3 is 0 Å². The van der Waals surface area contributed by atoms with E-state index >= 15 is 0 Å². The van der Waals surface area contributed by atoms with Gasteiger partial charge in [0.1, 0.15) is 16.9 Å². The van der Waals surface area contributed by atoms with Crippen molar-refractivity contribution in [1.29, 1.82) is 0 Å². The summed E-state index contributed by atoms with van der Waals surface area (Å²) in [4.78, 5) is 12.8. The quantitative estimate of drug-likeness (QED) is 0.680. The smallest absolute Gasteiger partial charge is 0.287 e. The summed E-state index contributed by atoms with van der Waals surface area (Å²) in [5.74, 6) is 1.91. The van der Waals surface area contributed by atoms with E-state index in [0.29, 0.717) is 46.9 Å². The molecule has 0 radical (unpaired) electrons. The molecule has 0 bridgehead atoms. The molecule has 0 unspecified atom stereocenters. The lowest BCUT2D eigenvalue weighted by Crippen LogP contribution is -2.34. The number of carbonyl (C=O) groups excluding carboxylic acids is 1. The molecule has 7 heteroatoms. The van der Waals surface area contributed by atoms with Crippen LogP contribution in [-0.2, 0) is 6.54 Å². The van der Waals surface area contributed by atoms with Gasteiger partial charge in [-0.15, -0.1) is 0 Å². The third-order valence-electron chi connectivity index (χ3n) is 5.60. The van der Waals surface area contributed by atoms with Crippen LogP contribution >= 0.6 is 0 Å². The minimum Gasteiger partial charge on any atom is -0.487 e. The number of amides is 1. The predicted octanol–water partition coefficient (Wildman–Crippen LogP) is 3.99. The highest BCUT2D eigenvalue weighted by Crippen LogP contribution is 2.45. The highest BCUT2D eigenvalue weighted by Gasteiger charge is 2.35. The van der Waals surface area contributed by atoms with Gasteiger partial charge in [-0.3, -0.25) is 4.79 Å². The lowest BCUT2D eigenvalue weighted by molar-refractivity contribution is 0.0126. The Labute approximate surface area is 173 Å². The largest absolute Gasteiger partial charge is 0.487 e. The number of hydrogen-bond acceptors (Lipinski definition) is 6. The fraction of sp³-hybridized carbons (Fsp3) is 0.348. The Balaban J connectivity index is 1.43. The van der Waals surface area contributed by atoms with E-state index in [4.69, 9.17) is 18.6 Å². The summed E-state index contributed by atoms with van der Waals surface area (Å²) < 4.78 is 22.6. The fourth-order valence-corrected chi connectivity index (χ4v) is 4.21. The minimum absolute atomic E-state index is 0.209. The van der Waals surface area contributed by atoms with Crippen LogP contribution in [0, 0.1) is 6.92 Å². The number of furan rings is 1. The number of hydrogen-bond donors (Lipinski definition) is 2.